The zero-order chi connectivity index (χ0) is 14.8. The first-order valence-electron chi connectivity index (χ1n) is 6.81. The summed E-state index contributed by atoms with van der Waals surface area (Å²) >= 11 is 0. The highest BCUT2D eigenvalue weighted by Gasteiger charge is 2.06. The molecule has 21 heavy (non-hydrogen) atoms. The summed E-state index contributed by atoms with van der Waals surface area (Å²) in [7, 11) is 3.54. The maximum Gasteiger partial charge on any atom is 0.161 e. The van der Waals surface area contributed by atoms with Gasteiger partial charge < -0.3 is 10.1 Å². The van der Waals surface area contributed by atoms with Crippen LogP contribution in [0, 0.1) is 6.92 Å². The van der Waals surface area contributed by atoms with E-state index in [-0.39, 0.29) is 0 Å². The number of benzene rings is 2. The molecule has 0 amide bonds. The number of rotatable bonds is 3. The van der Waals surface area contributed by atoms with Gasteiger partial charge >= 0.3 is 0 Å². The van der Waals surface area contributed by atoms with Crippen LogP contribution in [0.2, 0.25) is 0 Å². The summed E-state index contributed by atoms with van der Waals surface area (Å²) in [5.74, 6) is 2.42. The summed E-state index contributed by atoms with van der Waals surface area (Å²) in [6.45, 7) is 1.97. The lowest BCUT2D eigenvalue weighted by Crippen LogP contribution is -1.98. The highest BCUT2D eigenvalue weighted by atomic mass is 16.5. The average molecular weight is 279 g/mol. The van der Waals surface area contributed by atoms with Gasteiger partial charge in [-0.2, -0.15) is 0 Å². The first-order valence-corrected chi connectivity index (χ1v) is 6.81. The Kier molecular flexibility index (Phi) is 3.44. The predicted octanol–water partition coefficient (Wildman–Crippen LogP) is 3.66. The molecule has 4 nitrogen and oxygen atoms in total. The van der Waals surface area contributed by atoms with E-state index >= 15 is 0 Å². The van der Waals surface area contributed by atoms with Gasteiger partial charge in [0.15, 0.2) is 5.82 Å². The van der Waals surface area contributed by atoms with E-state index in [4.69, 9.17) is 4.74 Å². The second kappa shape index (κ2) is 5.40. The summed E-state index contributed by atoms with van der Waals surface area (Å²) in [6.07, 6.45) is 0. The fraction of sp³-hybridized carbons (Fsp3) is 0.176. The Labute approximate surface area is 123 Å². The van der Waals surface area contributed by atoms with Crippen LogP contribution in [0.1, 0.15) is 5.69 Å². The number of aryl methyl sites for hydroxylation is 1. The van der Waals surface area contributed by atoms with Crippen molar-refractivity contribution < 1.29 is 4.74 Å². The van der Waals surface area contributed by atoms with Gasteiger partial charge in [0.2, 0.25) is 0 Å². The Hall–Kier alpha value is -2.62. The zero-order valence-electron chi connectivity index (χ0n) is 12.3. The summed E-state index contributed by atoms with van der Waals surface area (Å²) in [5.41, 5.74) is 1.95. The molecule has 3 rings (SSSR count). The third-order valence-electron chi connectivity index (χ3n) is 3.42. The number of hydrogen-bond acceptors (Lipinski definition) is 4. The molecule has 3 aromatic rings. The van der Waals surface area contributed by atoms with Gasteiger partial charge in [-0.1, -0.05) is 18.2 Å². The van der Waals surface area contributed by atoms with Gasteiger partial charge in [-0.25, -0.2) is 9.97 Å². The third-order valence-corrected chi connectivity index (χ3v) is 3.42. The highest BCUT2D eigenvalue weighted by molar-refractivity contribution is 5.87. The molecule has 0 atom stereocenters. The Balaban J connectivity index is 2.10. The van der Waals surface area contributed by atoms with Crippen LogP contribution in [0.25, 0.3) is 22.2 Å². The summed E-state index contributed by atoms with van der Waals surface area (Å²) < 4.78 is 5.25. The van der Waals surface area contributed by atoms with Crippen molar-refractivity contribution in [3.63, 3.8) is 0 Å². The second-order valence-electron chi connectivity index (χ2n) is 4.90. The van der Waals surface area contributed by atoms with Crippen molar-refractivity contribution in [1.29, 1.82) is 0 Å². The van der Waals surface area contributed by atoms with Crippen molar-refractivity contribution in [3.8, 4) is 17.1 Å². The number of fused-ring (bicyclic) bond motifs is 1. The number of aromatic nitrogens is 2. The molecule has 1 heterocycles. The molecule has 1 N–H and O–H groups in total. The number of ether oxygens (including phenoxy) is 1. The van der Waals surface area contributed by atoms with Gasteiger partial charge in [0.1, 0.15) is 11.6 Å². The van der Waals surface area contributed by atoms with E-state index in [0.717, 1.165) is 39.4 Å². The predicted molar refractivity (Wildman–Crippen MR) is 85.8 cm³/mol. The minimum absolute atomic E-state index is 0.733. The molecule has 2 aromatic carbocycles. The van der Waals surface area contributed by atoms with E-state index < -0.39 is 0 Å². The molecule has 0 aliphatic heterocycles. The van der Waals surface area contributed by atoms with Crippen molar-refractivity contribution in [2.75, 3.05) is 19.5 Å². The molecule has 0 bridgehead atoms. The van der Waals surface area contributed by atoms with Crippen LogP contribution < -0.4 is 10.1 Å². The fourth-order valence-electron chi connectivity index (χ4n) is 2.32. The SMILES string of the molecule is CNc1cc(C)nc(-c2ccc3cc(OC)ccc3c2)n1. The highest BCUT2D eigenvalue weighted by Crippen LogP contribution is 2.26. The maximum atomic E-state index is 5.25. The smallest absolute Gasteiger partial charge is 0.161 e. The molecular formula is C17H17N3O. The molecule has 0 fully saturated rings. The maximum absolute atomic E-state index is 5.25. The number of hydrogen-bond donors (Lipinski definition) is 1. The van der Waals surface area contributed by atoms with Gasteiger partial charge in [0.25, 0.3) is 0 Å². The molecule has 1 aromatic heterocycles. The van der Waals surface area contributed by atoms with Gasteiger partial charge in [0.05, 0.1) is 7.11 Å². The fourth-order valence-corrected chi connectivity index (χ4v) is 2.32. The summed E-state index contributed by atoms with van der Waals surface area (Å²) in [6, 6.07) is 14.2. The molecule has 0 saturated heterocycles. The van der Waals surface area contributed by atoms with Crippen LogP contribution in [0.3, 0.4) is 0 Å². The van der Waals surface area contributed by atoms with Crippen LogP contribution in [-0.4, -0.2) is 24.1 Å². The van der Waals surface area contributed by atoms with Gasteiger partial charge in [-0.05, 0) is 35.9 Å². The third kappa shape index (κ3) is 2.65. The first kappa shape index (κ1) is 13.4. The lowest BCUT2D eigenvalue weighted by molar-refractivity contribution is 0.415. The molecule has 106 valence electrons. The Morgan fingerprint density at radius 1 is 0.952 bits per heavy atom. The molecule has 0 saturated carbocycles. The standard InChI is InChI=1S/C17H17N3O/c1-11-8-16(18-2)20-17(19-11)14-5-4-13-10-15(21-3)7-6-12(13)9-14/h4-10H,1-3H3,(H,18,19,20). The molecule has 0 unspecified atom stereocenters. The minimum Gasteiger partial charge on any atom is -0.497 e. The van der Waals surface area contributed by atoms with Crippen molar-refractivity contribution in [1.82, 2.24) is 9.97 Å². The van der Waals surface area contributed by atoms with E-state index in [1.807, 2.05) is 44.3 Å². The number of nitrogens with zero attached hydrogens (tertiary/aromatic N) is 2. The number of nitrogens with one attached hydrogen (secondary N) is 1. The van der Waals surface area contributed by atoms with Crippen LogP contribution in [-0.2, 0) is 0 Å². The normalized spacial score (nSPS) is 10.6. The van der Waals surface area contributed by atoms with Crippen molar-refractivity contribution >= 4 is 16.6 Å². The van der Waals surface area contributed by atoms with Gasteiger partial charge in [-0.15, -0.1) is 0 Å². The largest absolute Gasteiger partial charge is 0.497 e. The monoisotopic (exact) mass is 279 g/mol. The van der Waals surface area contributed by atoms with E-state index in [9.17, 15) is 0 Å². The number of methoxy groups -OCH3 is 1. The van der Waals surface area contributed by atoms with Crippen molar-refractivity contribution in [2.45, 2.75) is 6.92 Å². The van der Waals surface area contributed by atoms with E-state index in [1.165, 1.54) is 0 Å². The molecule has 0 aliphatic carbocycles. The quantitative estimate of drug-likeness (QED) is 0.795. The number of anilines is 1. The van der Waals surface area contributed by atoms with Crippen LogP contribution in [0.15, 0.2) is 42.5 Å². The van der Waals surface area contributed by atoms with E-state index in [2.05, 4.69) is 27.4 Å². The van der Waals surface area contributed by atoms with Crippen LogP contribution >= 0.6 is 0 Å². The topological polar surface area (TPSA) is 47.0 Å². The Morgan fingerprint density at radius 3 is 2.48 bits per heavy atom. The second-order valence-corrected chi connectivity index (χ2v) is 4.90. The van der Waals surface area contributed by atoms with Gasteiger partial charge in [0, 0.05) is 24.4 Å². The van der Waals surface area contributed by atoms with Gasteiger partial charge in [-0.3, -0.25) is 0 Å². The van der Waals surface area contributed by atoms with Crippen molar-refractivity contribution in [3.05, 3.63) is 48.2 Å². The summed E-state index contributed by atoms with van der Waals surface area (Å²) in [4.78, 5) is 9.03. The molecule has 0 spiro atoms. The van der Waals surface area contributed by atoms with Crippen LogP contribution in [0.5, 0.6) is 5.75 Å². The lowest BCUT2D eigenvalue weighted by atomic mass is 10.1. The van der Waals surface area contributed by atoms with Crippen LogP contribution in [0.4, 0.5) is 5.82 Å². The Morgan fingerprint density at radius 2 is 1.71 bits per heavy atom. The van der Waals surface area contributed by atoms with E-state index in [0.29, 0.717) is 0 Å². The molecular weight excluding hydrogens is 262 g/mol. The average Bonchev–Trinajstić information content (AvgIpc) is 2.53. The molecule has 0 radical (unpaired) electrons. The Bertz CT molecular complexity index is 799. The molecule has 0 aliphatic rings. The molecule has 4 heteroatoms. The van der Waals surface area contributed by atoms with E-state index in [1.54, 1.807) is 7.11 Å². The lowest BCUT2D eigenvalue weighted by Gasteiger charge is -2.07. The first-order chi connectivity index (χ1) is 10.2. The van der Waals surface area contributed by atoms with Crippen molar-refractivity contribution in [2.24, 2.45) is 0 Å². The zero-order valence-corrected chi connectivity index (χ0v) is 12.3. The summed E-state index contributed by atoms with van der Waals surface area (Å²) in [5, 5.41) is 5.34. The minimum atomic E-state index is 0.733.